The summed E-state index contributed by atoms with van der Waals surface area (Å²) in [5, 5.41) is 13.4. The Hall–Kier alpha value is -5.36. The lowest BCUT2D eigenvalue weighted by molar-refractivity contribution is -0.160. The van der Waals surface area contributed by atoms with Crippen molar-refractivity contribution in [3.8, 4) is 0 Å². The number of hydrogen-bond acceptors (Lipinski definition) is 10. The minimum absolute atomic E-state index is 0.0191. The van der Waals surface area contributed by atoms with Crippen molar-refractivity contribution in [3.05, 3.63) is 102 Å². The number of nitrogens with zero attached hydrogens (tertiary/aromatic N) is 5. The first kappa shape index (κ1) is 30.7. The van der Waals surface area contributed by atoms with Crippen LogP contribution in [-0.2, 0) is 32.2 Å². The van der Waals surface area contributed by atoms with Gasteiger partial charge in [0.1, 0.15) is 29.3 Å². The quantitative estimate of drug-likeness (QED) is 0.198. The average molecular weight is 623 g/mol. The Balaban J connectivity index is 1.35. The molecule has 0 unspecified atom stereocenters. The minimum Gasteiger partial charge on any atom is -0.458 e. The summed E-state index contributed by atoms with van der Waals surface area (Å²) >= 11 is 0. The number of carbonyl (C=O) groups is 3. The summed E-state index contributed by atoms with van der Waals surface area (Å²) in [5.74, 6) is -1.45. The second-order valence-electron chi connectivity index (χ2n) is 12.2. The van der Waals surface area contributed by atoms with Crippen LogP contribution in [-0.4, -0.2) is 66.8 Å². The van der Waals surface area contributed by atoms with E-state index < -0.39 is 35.2 Å². The third-order valence-electron chi connectivity index (χ3n) is 7.72. The van der Waals surface area contributed by atoms with Gasteiger partial charge in [-0.25, -0.2) is 19.4 Å². The molecule has 1 aliphatic heterocycles. The van der Waals surface area contributed by atoms with E-state index in [2.05, 4.69) is 20.6 Å². The highest BCUT2D eigenvalue weighted by atomic mass is 16.7. The molecule has 2 aromatic heterocycles. The lowest BCUT2D eigenvalue weighted by Crippen LogP contribution is -2.57. The van der Waals surface area contributed by atoms with Crippen molar-refractivity contribution < 1.29 is 28.7 Å². The van der Waals surface area contributed by atoms with Crippen LogP contribution < -0.4 is 10.2 Å². The maximum absolute atomic E-state index is 14.2. The highest BCUT2D eigenvalue weighted by Crippen LogP contribution is 2.32. The van der Waals surface area contributed by atoms with Crippen LogP contribution in [0.3, 0.4) is 0 Å². The van der Waals surface area contributed by atoms with Crippen molar-refractivity contribution in [2.75, 3.05) is 6.54 Å². The first-order chi connectivity index (χ1) is 22.1. The zero-order valence-corrected chi connectivity index (χ0v) is 25.8. The largest absolute Gasteiger partial charge is 0.458 e. The number of ether oxygens (including phenoxy) is 2. The Bertz CT molecular complexity index is 1880. The van der Waals surface area contributed by atoms with Gasteiger partial charge in [-0.15, -0.1) is 5.10 Å². The van der Waals surface area contributed by atoms with Crippen molar-refractivity contribution in [2.24, 2.45) is 0 Å². The predicted molar refractivity (Wildman–Crippen MR) is 168 cm³/mol. The summed E-state index contributed by atoms with van der Waals surface area (Å²) in [6.45, 7) is 5.17. The van der Waals surface area contributed by atoms with E-state index in [4.69, 9.17) is 14.3 Å². The number of carbonyl (C=O) groups excluding carboxylic acids is 3. The molecule has 0 saturated carbocycles. The van der Waals surface area contributed by atoms with Crippen molar-refractivity contribution in [2.45, 2.75) is 57.5 Å². The number of esters is 1. The molecule has 1 amide bonds. The van der Waals surface area contributed by atoms with Crippen molar-refractivity contribution in [3.63, 3.8) is 0 Å². The van der Waals surface area contributed by atoms with Gasteiger partial charge < -0.3 is 14.3 Å². The standard InChI is InChI=1S/C34H34N6O6/c1-33(2,3)45-30(41)28-19-34(22-39(28)32(43)44-21-23-11-5-4-6-12-23,31(42)46-40-29-27(37-38-40)17-10-18-35-29)36-20-25-15-9-14-24-13-7-8-16-26(24)25/h4-18,28,36H,19-22H2,1-3H3/t28-,34-/m0/s1. The second kappa shape index (κ2) is 12.6. The highest BCUT2D eigenvalue weighted by molar-refractivity contribution is 5.90. The Morgan fingerprint density at radius 1 is 0.957 bits per heavy atom. The summed E-state index contributed by atoms with van der Waals surface area (Å²) in [4.78, 5) is 53.6. The van der Waals surface area contributed by atoms with E-state index in [0.717, 1.165) is 26.7 Å². The van der Waals surface area contributed by atoms with Gasteiger partial charge in [-0.1, -0.05) is 72.8 Å². The van der Waals surface area contributed by atoms with Crippen LogP contribution in [0.1, 0.15) is 38.3 Å². The summed E-state index contributed by atoms with van der Waals surface area (Å²) in [6, 6.07) is 25.2. The van der Waals surface area contributed by atoms with Crippen LogP contribution in [0.4, 0.5) is 4.79 Å². The fraction of sp³-hybridized carbons (Fsp3) is 0.294. The van der Waals surface area contributed by atoms with Gasteiger partial charge >= 0.3 is 18.0 Å². The molecule has 1 N–H and O–H groups in total. The van der Waals surface area contributed by atoms with Crippen LogP contribution >= 0.6 is 0 Å². The Morgan fingerprint density at radius 3 is 2.52 bits per heavy atom. The highest BCUT2D eigenvalue weighted by Gasteiger charge is 2.56. The first-order valence-electron chi connectivity index (χ1n) is 14.9. The summed E-state index contributed by atoms with van der Waals surface area (Å²) in [5.41, 5.74) is -0.0639. The van der Waals surface area contributed by atoms with E-state index >= 15 is 0 Å². The molecule has 5 aromatic rings. The maximum Gasteiger partial charge on any atom is 0.410 e. The van der Waals surface area contributed by atoms with Gasteiger partial charge in [0, 0.05) is 19.2 Å². The molecule has 0 radical (unpaired) electrons. The van der Waals surface area contributed by atoms with Crippen LogP contribution in [0, 0.1) is 0 Å². The van der Waals surface area contributed by atoms with E-state index in [0.29, 0.717) is 5.52 Å². The van der Waals surface area contributed by atoms with Crippen LogP contribution in [0.5, 0.6) is 0 Å². The molecular weight excluding hydrogens is 588 g/mol. The molecule has 3 aromatic carbocycles. The molecule has 3 heterocycles. The van der Waals surface area contributed by atoms with Crippen molar-refractivity contribution in [1.29, 1.82) is 0 Å². The third kappa shape index (κ3) is 6.52. The fourth-order valence-electron chi connectivity index (χ4n) is 5.51. The van der Waals surface area contributed by atoms with E-state index in [1.807, 2.05) is 72.8 Å². The van der Waals surface area contributed by atoms with E-state index in [9.17, 15) is 14.4 Å². The number of fused-ring (bicyclic) bond motifs is 2. The topological polar surface area (TPSA) is 138 Å². The number of pyridine rings is 1. The maximum atomic E-state index is 14.2. The first-order valence-corrected chi connectivity index (χ1v) is 14.9. The Morgan fingerprint density at radius 2 is 1.72 bits per heavy atom. The SMILES string of the molecule is CC(C)(C)OC(=O)[C@@H]1C[C@@](NCc2cccc3ccccc23)(C(=O)On2nnc3cccnc32)CN1C(=O)OCc1ccccc1. The normalized spacial score (nSPS) is 18.1. The number of hydrogen-bond donors (Lipinski definition) is 1. The summed E-state index contributed by atoms with van der Waals surface area (Å²) in [7, 11) is 0. The minimum atomic E-state index is -1.57. The van der Waals surface area contributed by atoms with E-state index in [1.54, 1.807) is 32.9 Å². The van der Waals surface area contributed by atoms with Gasteiger partial charge in [-0.05, 0) is 64.9 Å². The number of likely N-dealkylation sites (tertiary alicyclic amines) is 1. The van der Waals surface area contributed by atoms with Gasteiger partial charge in [0.25, 0.3) is 0 Å². The smallest absolute Gasteiger partial charge is 0.410 e. The number of amides is 1. The molecular formula is C34H34N6O6. The Kier molecular flexibility index (Phi) is 8.37. The second-order valence-corrected chi connectivity index (χ2v) is 12.2. The molecule has 12 nitrogen and oxygen atoms in total. The molecule has 1 fully saturated rings. The van der Waals surface area contributed by atoms with Gasteiger partial charge in [0.2, 0.25) is 5.65 Å². The molecule has 0 spiro atoms. The van der Waals surface area contributed by atoms with E-state index in [1.165, 1.54) is 11.1 Å². The monoisotopic (exact) mass is 622 g/mol. The predicted octanol–water partition coefficient (Wildman–Crippen LogP) is 4.22. The van der Waals surface area contributed by atoms with Crippen molar-refractivity contribution >= 4 is 40.0 Å². The van der Waals surface area contributed by atoms with E-state index in [-0.39, 0.29) is 31.8 Å². The van der Waals surface area contributed by atoms with Crippen LogP contribution in [0.25, 0.3) is 21.9 Å². The van der Waals surface area contributed by atoms with Gasteiger partial charge in [0.05, 0.1) is 6.54 Å². The molecule has 12 heteroatoms. The van der Waals surface area contributed by atoms with Crippen LogP contribution in [0.2, 0.25) is 0 Å². The van der Waals surface area contributed by atoms with Gasteiger partial charge in [0.15, 0.2) is 0 Å². The number of benzene rings is 3. The van der Waals surface area contributed by atoms with Crippen LogP contribution in [0.15, 0.2) is 91.1 Å². The average Bonchev–Trinajstić information content (AvgIpc) is 3.65. The van der Waals surface area contributed by atoms with Gasteiger partial charge in [-0.3, -0.25) is 10.2 Å². The molecule has 6 rings (SSSR count). The fourth-order valence-corrected chi connectivity index (χ4v) is 5.51. The molecule has 46 heavy (non-hydrogen) atoms. The Labute approximate surface area is 265 Å². The molecule has 1 aliphatic rings. The number of rotatable bonds is 8. The summed E-state index contributed by atoms with van der Waals surface area (Å²) in [6.07, 6.45) is 0.615. The zero-order chi connectivity index (χ0) is 32.3. The molecule has 1 saturated heterocycles. The molecule has 2 atom stereocenters. The lowest BCUT2D eigenvalue weighted by atomic mass is 9.94. The lowest BCUT2D eigenvalue weighted by Gasteiger charge is -2.28. The molecule has 0 bridgehead atoms. The number of nitrogens with one attached hydrogen (secondary N) is 1. The van der Waals surface area contributed by atoms with Gasteiger partial charge in [-0.2, -0.15) is 0 Å². The third-order valence-corrected chi connectivity index (χ3v) is 7.72. The van der Waals surface area contributed by atoms with Crippen molar-refractivity contribution in [1.82, 2.24) is 30.4 Å². The molecule has 0 aliphatic carbocycles. The summed E-state index contributed by atoms with van der Waals surface area (Å²) < 4.78 is 11.4. The number of aromatic nitrogens is 4. The zero-order valence-electron chi connectivity index (χ0n) is 25.8. The molecule has 236 valence electrons.